The molecule has 8 aromatic carbocycles. The van der Waals surface area contributed by atoms with Gasteiger partial charge in [-0.3, -0.25) is 0 Å². The van der Waals surface area contributed by atoms with Crippen molar-refractivity contribution >= 4 is 65.2 Å². The third-order valence-corrected chi connectivity index (χ3v) is 10.4. The van der Waals surface area contributed by atoms with Gasteiger partial charge in [-0.1, -0.05) is 133 Å². The Morgan fingerprint density at radius 3 is 1.70 bits per heavy atom. The van der Waals surface area contributed by atoms with E-state index in [-0.39, 0.29) is 0 Å². The van der Waals surface area contributed by atoms with Crippen LogP contribution in [-0.4, -0.2) is 15.0 Å². The minimum absolute atomic E-state index is 0.658. The summed E-state index contributed by atoms with van der Waals surface area (Å²) in [6.07, 6.45) is 0. The second-order valence-electron chi connectivity index (χ2n) is 13.6. The van der Waals surface area contributed by atoms with Gasteiger partial charge >= 0.3 is 0 Å². The van der Waals surface area contributed by atoms with Crippen LogP contribution in [0.1, 0.15) is 0 Å². The molecule has 11 rings (SSSR count). The number of fused-ring (bicyclic) bond motifs is 9. The van der Waals surface area contributed by atoms with Gasteiger partial charge in [0.15, 0.2) is 5.82 Å². The first-order valence-corrected chi connectivity index (χ1v) is 17.8. The van der Waals surface area contributed by atoms with E-state index in [9.17, 15) is 0 Å². The summed E-state index contributed by atoms with van der Waals surface area (Å²) in [5.74, 6) is 0.658. The average Bonchev–Trinajstić information content (AvgIpc) is 3.62. The molecule has 0 amide bonds. The maximum absolute atomic E-state index is 6.57. The molecule has 11 aromatic rings. The molecule has 3 heterocycles. The standard InChI is InChI=1S/C49H29N3O/c1-3-12-32-26-34(22-20-30(32)10-1)43-29-44(35-23-21-31-11-2-4-13-33(31)27-35)52-49(51-43)37-15-9-14-36(28-37)47-41-25-24-39-38-16-6-8-19-45(38)53-48(39)46(41)40-17-5-7-18-42(40)50-47/h1-29H. The van der Waals surface area contributed by atoms with Gasteiger partial charge < -0.3 is 4.42 Å². The lowest BCUT2D eigenvalue weighted by molar-refractivity contribution is 0.673. The van der Waals surface area contributed by atoms with E-state index in [4.69, 9.17) is 19.4 Å². The monoisotopic (exact) mass is 675 g/mol. The second-order valence-corrected chi connectivity index (χ2v) is 13.6. The van der Waals surface area contributed by atoms with Crippen LogP contribution in [0.2, 0.25) is 0 Å². The zero-order chi connectivity index (χ0) is 34.9. The van der Waals surface area contributed by atoms with Gasteiger partial charge in [0, 0.05) is 49.2 Å². The van der Waals surface area contributed by atoms with Crippen molar-refractivity contribution in [2.24, 2.45) is 0 Å². The summed E-state index contributed by atoms with van der Waals surface area (Å²) < 4.78 is 6.57. The number of benzene rings is 8. The summed E-state index contributed by atoms with van der Waals surface area (Å²) in [7, 11) is 0. The summed E-state index contributed by atoms with van der Waals surface area (Å²) in [4.78, 5) is 15.7. The van der Waals surface area contributed by atoms with Crippen LogP contribution in [0, 0.1) is 0 Å². The number of para-hydroxylation sites is 2. The number of nitrogens with zero attached hydrogens (tertiary/aromatic N) is 3. The number of rotatable bonds is 4. The van der Waals surface area contributed by atoms with Crippen molar-refractivity contribution in [3.63, 3.8) is 0 Å². The third kappa shape index (κ3) is 4.88. The molecule has 0 saturated carbocycles. The van der Waals surface area contributed by atoms with Crippen molar-refractivity contribution in [2.45, 2.75) is 0 Å². The maximum atomic E-state index is 6.57. The van der Waals surface area contributed by atoms with Gasteiger partial charge in [0.05, 0.1) is 22.6 Å². The molecule has 4 heteroatoms. The highest BCUT2D eigenvalue weighted by Crippen LogP contribution is 2.41. The van der Waals surface area contributed by atoms with Gasteiger partial charge in [0.25, 0.3) is 0 Å². The van der Waals surface area contributed by atoms with Gasteiger partial charge in [-0.2, -0.15) is 0 Å². The van der Waals surface area contributed by atoms with Crippen LogP contribution >= 0.6 is 0 Å². The fraction of sp³-hybridized carbons (Fsp3) is 0. The minimum Gasteiger partial charge on any atom is -0.455 e. The number of furan rings is 1. The third-order valence-electron chi connectivity index (χ3n) is 10.4. The highest BCUT2D eigenvalue weighted by Gasteiger charge is 2.18. The zero-order valence-corrected chi connectivity index (χ0v) is 28.5. The Morgan fingerprint density at radius 2 is 0.962 bits per heavy atom. The lowest BCUT2D eigenvalue weighted by Gasteiger charge is -2.13. The predicted molar refractivity (Wildman–Crippen MR) is 219 cm³/mol. The minimum atomic E-state index is 0.658. The summed E-state index contributed by atoms with van der Waals surface area (Å²) >= 11 is 0. The normalized spacial score (nSPS) is 11.8. The Bertz CT molecular complexity index is 3150. The molecule has 0 unspecified atom stereocenters. The van der Waals surface area contributed by atoms with E-state index >= 15 is 0 Å². The average molecular weight is 676 g/mol. The van der Waals surface area contributed by atoms with E-state index in [0.29, 0.717) is 5.82 Å². The smallest absolute Gasteiger partial charge is 0.160 e. The molecule has 0 atom stereocenters. The van der Waals surface area contributed by atoms with Crippen LogP contribution in [0.4, 0.5) is 0 Å². The molecule has 0 radical (unpaired) electrons. The van der Waals surface area contributed by atoms with Gasteiger partial charge in [0.1, 0.15) is 11.2 Å². The Hall–Kier alpha value is -7.17. The van der Waals surface area contributed by atoms with Gasteiger partial charge in [0.2, 0.25) is 0 Å². The van der Waals surface area contributed by atoms with Gasteiger partial charge in [-0.05, 0) is 64.0 Å². The summed E-state index contributed by atoms with van der Waals surface area (Å²) in [6.45, 7) is 0. The lowest BCUT2D eigenvalue weighted by Crippen LogP contribution is -1.97. The van der Waals surface area contributed by atoms with Crippen molar-refractivity contribution in [1.82, 2.24) is 15.0 Å². The van der Waals surface area contributed by atoms with Crippen LogP contribution in [0.3, 0.4) is 0 Å². The van der Waals surface area contributed by atoms with E-state index in [1.54, 1.807) is 0 Å². The molecular formula is C49H29N3O. The Labute approximate surface area is 304 Å². The molecule has 0 N–H and O–H groups in total. The number of aromatic nitrogens is 3. The summed E-state index contributed by atoms with van der Waals surface area (Å²) in [5, 5.41) is 10.1. The van der Waals surface area contributed by atoms with Crippen molar-refractivity contribution in [1.29, 1.82) is 0 Å². The van der Waals surface area contributed by atoms with E-state index in [0.717, 1.165) is 82.9 Å². The molecule has 0 saturated heterocycles. The molecule has 0 aliphatic carbocycles. The number of hydrogen-bond donors (Lipinski definition) is 0. The van der Waals surface area contributed by atoms with Crippen LogP contribution < -0.4 is 0 Å². The molecule has 0 bridgehead atoms. The molecule has 4 nitrogen and oxygen atoms in total. The van der Waals surface area contributed by atoms with Crippen molar-refractivity contribution in [2.75, 3.05) is 0 Å². The van der Waals surface area contributed by atoms with E-state index in [1.807, 2.05) is 18.2 Å². The van der Waals surface area contributed by atoms with E-state index in [1.165, 1.54) is 21.5 Å². The van der Waals surface area contributed by atoms with E-state index in [2.05, 4.69) is 158 Å². The van der Waals surface area contributed by atoms with Crippen LogP contribution in [-0.2, 0) is 0 Å². The summed E-state index contributed by atoms with van der Waals surface area (Å²) in [5.41, 5.74) is 9.30. The quantitative estimate of drug-likeness (QED) is 0.174. The maximum Gasteiger partial charge on any atom is 0.160 e. The first kappa shape index (κ1) is 29.5. The first-order valence-electron chi connectivity index (χ1n) is 17.8. The van der Waals surface area contributed by atoms with Gasteiger partial charge in [-0.15, -0.1) is 0 Å². The first-order chi connectivity index (χ1) is 26.2. The molecule has 0 spiro atoms. The van der Waals surface area contributed by atoms with E-state index < -0.39 is 0 Å². The lowest BCUT2D eigenvalue weighted by atomic mass is 9.97. The van der Waals surface area contributed by atoms with Crippen molar-refractivity contribution < 1.29 is 4.42 Å². The topological polar surface area (TPSA) is 51.8 Å². The fourth-order valence-corrected chi connectivity index (χ4v) is 7.81. The highest BCUT2D eigenvalue weighted by molar-refractivity contribution is 6.24. The van der Waals surface area contributed by atoms with Crippen molar-refractivity contribution in [3.8, 4) is 45.2 Å². The Morgan fingerprint density at radius 1 is 0.358 bits per heavy atom. The predicted octanol–water partition coefficient (Wildman–Crippen LogP) is 13.1. The molecule has 246 valence electrons. The van der Waals surface area contributed by atoms with Crippen molar-refractivity contribution in [3.05, 3.63) is 176 Å². The summed E-state index contributed by atoms with van der Waals surface area (Å²) in [6, 6.07) is 61.4. The zero-order valence-electron chi connectivity index (χ0n) is 28.5. The number of hydrogen-bond acceptors (Lipinski definition) is 4. The largest absolute Gasteiger partial charge is 0.455 e. The SMILES string of the molecule is c1cc(-c2nc(-c3ccc4ccccc4c3)cc(-c3ccc4ccccc4c3)n2)cc(-c2nc3ccccc3c3c2ccc2c4ccccc4oc23)c1. The number of pyridine rings is 1. The van der Waals surface area contributed by atoms with Gasteiger partial charge in [-0.25, -0.2) is 15.0 Å². The second kappa shape index (κ2) is 11.7. The van der Waals surface area contributed by atoms with Crippen LogP contribution in [0.25, 0.3) is 110 Å². The molecular weight excluding hydrogens is 647 g/mol. The van der Waals surface area contributed by atoms with Crippen LogP contribution in [0.5, 0.6) is 0 Å². The highest BCUT2D eigenvalue weighted by atomic mass is 16.3. The van der Waals surface area contributed by atoms with Crippen LogP contribution in [0.15, 0.2) is 180 Å². The molecule has 0 aliphatic rings. The Balaban J connectivity index is 1.12. The molecule has 0 aliphatic heterocycles. The molecule has 53 heavy (non-hydrogen) atoms. The molecule has 3 aromatic heterocycles. The Kier molecular flexibility index (Phi) is 6.52. The molecule has 0 fully saturated rings. The fourth-order valence-electron chi connectivity index (χ4n) is 7.81.